The van der Waals surface area contributed by atoms with Crippen molar-refractivity contribution in [3.05, 3.63) is 0 Å². The number of carbonyl (C=O) groups is 1. The van der Waals surface area contributed by atoms with Crippen molar-refractivity contribution in [2.45, 2.75) is 31.7 Å². The maximum atomic E-state index is 10.1. The number of halogens is 1. The predicted molar refractivity (Wildman–Crippen MR) is 50.4 cm³/mol. The Hall–Kier alpha value is -0.320. The molecule has 5 N–H and O–H groups in total. The van der Waals surface area contributed by atoms with Crippen LogP contribution in [0.3, 0.4) is 0 Å². The van der Waals surface area contributed by atoms with Gasteiger partial charge in [-0.15, -0.1) is 12.4 Å². The zero-order valence-electron chi connectivity index (χ0n) is 7.03. The lowest BCUT2D eigenvalue weighted by molar-refractivity contribution is -0.137. The number of nitrogens with two attached hydrogens (primary N) is 2. The summed E-state index contributed by atoms with van der Waals surface area (Å²) in [6.07, 6.45) is 2.66. The second kappa shape index (κ2) is 8.77. The van der Waals surface area contributed by atoms with E-state index in [1.54, 1.807) is 0 Å². The third kappa shape index (κ3) is 9.68. The largest absolute Gasteiger partial charge is 0.481 e. The number of aliphatic carboxylic acids is 1. The van der Waals surface area contributed by atoms with E-state index in [1.165, 1.54) is 0 Å². The maximum absolute atomic E-state index is 10.1. The van der Waals surface area contributed by atoms with Crippen LogP contribution in [0.5, 0.6) is 0 Å². The molecule has 12 heavy (non-hydrogen) atoms. The molecule has 4 nitrogen and oxygen atoms in total. The molecule has 0 aliphatic rings. The summed E-state index contributed by atoms with van der Waals surface area (Å²) in [6, 6.07) is -0.209. The summed E-state index contributed by atoms with van der Waals surface area (Å²) in [5.74, 6) is -0.828. The molecule has 0 radical (unpaired) electrons. The van der Waals surface area contributed by atoms with Gasteiger partial charge in [0.1, 0.15) is 0 Å². The van der Waals surface area contributed by atoms with Gasteiger partial charge in [0.05, 0.1) is 6.42 Å². The fourth-order valence-electron chi connectivity index (χ4n) is 0.877. The van der Waals surface area contributed by atoms with Gasteiger partial charge in [-0.1, -0.05) is 6.42 Å². The SMILES string of the molecule is Cl.NCCCCC(N)CC(=O)O. The lowest BCUT2D eigenvalue weighted by atomic mass is 10.1. The second-order valence-electron chi connectivity index (χ2n) is 2.64. The minimum atomic E-state index is -0.828. The molecule has 5 heteroatoms. The number of carboxylic acids is 1. The van der Waals surface area contributed by atoms with Gasteiger partial charge in [0, 0.05) is 6.04 Å². The molecule has 0 spiro atoms. The Bertz CT molecular complexity index is 122. The molecule has 1 atom stereocenters. The molecular weight excluding hydrogens is 180 g/mol. The van der Waals surface area contributed by atoms with Gasteiger partial charge in [-0.05, 0) is 19.4 Å². The van der Waals surface area contributed by atoms with Gasteiger partial charge in [0.25, 0.3) is 0 Å². The average molecular weight is 197 g/mol. The van der Waals surface area contributed by atoms with E-state index in [9.17, 15) is 4.79 Å². The molecule has 0 fully saturated rings. The van der Waals surface area contributed by atoms with E-state index in [1.807, 2.05) is 0 Å². The Morgan fingerprint density at radius 3 is 2.42 bits per heavy atom. The first-order chi connectivity index (χ1) is 5.16. The van der Waals surface area contributed by atoms with E-state index in [2.05, 4.69) is 0 Å². The monoisotopic (exact) mass is 196 g/mol. The minimum Gasteiger partial charge on any atom is -0.481 e. The summed E-state index contributed by atoms with van der Waals surface area (Å²) < 4.78 is 0. The quantitative estimate of drug-likeness (QED) is 0.535. The molecule has 1 unspecified atom stereocenters. The summed E-state index contributed by atoms with van der Waals surface area (Å²) in [5.41, 5.74) is 10.8. The van der Waals surface area contributed by atoms with Crippen LogP contribution >= 0.6 is 12.4 Å². The van der Waals surface area contributed by atoms with Gasteiger partial charge in [-0.3, -0.25) is 4.79 Å². The standard InChI is InChI=1S/C7H16N2O2.ClH/c8-4-2-1-3-6(9)5-7(10)11;/h6H,1-5,8-9H2,(H,10,11);1H. The summed E-state index contributed by atoms with van der Waals surface area (Å²) in [4.78, 5) is 10.1. The zero-order valence-corrected chi connectivity index (χ0v) is 7.85. The Kier molecular flexibility index (Phi) is 10.4. The van der Waals surface area contributed by atoms with Crippen molar-refractivity contribution >= 4 is 18.4 Å². The Morgan fingerprint density at radius 2 is 2.00 bits per heavy atom. The highest BCUT2D eigenvalue weighted by atomic mass is 35.5. The molecule has 0 saturated heterocycles. The third-order valence-corrected chi connectivity index (χ3v) is 1.47. The highest BCUT2D eigenvalue weighted by Gasteiger charge is 2.06. The van der Waals surface area contributed by atoms with E-state index < -0.39 is 5.97 Å². The van der Waals surface area contributed by atoms with E-state index >= 15 is 0 Å². The van der Waals surface area contributed by atoms with Gasteiger partial charge < -0.3 is 16.6 Å². The summed E-state index contributed by atoms with van der Waals surface area (Å²) in [5, 5.41) is 8.34. The number of hydrogen-bond acceptors (Lipinski definition) is 3. The van der Waals surface area contributed by atoms with Crippen LogP contribution < -0.4 is 11.5 Å². The molecule has 74 valence electrons. The lowest BCUT2D eigenvalue weighted by Crippen LogP contribution is -2.23. The van der Waals surface area contributed by atoms with E-state index in [0.717, 1.165) is 19.3 Å². The summed E-state index contributed by atoms with van der Waals surface area (Å²) in [6.45, 7) is 0.653. The molecule has 0 aromatic heterocycles. The van der Waals surface area contributed by atoms with Crippen LogP contribution in [0.15, 0.2) is 0 Å². The van der Waals surface area contributed by atoms with Crippen molar-refractivity contribution in [1.29, 1.82) is 0 Å². The van der Waals surface area contributed by atoms with Crippen LogP contribution in [-0.2, 0) is 4.79 Å². The number of hydrogen-bond donors (Lipinski definition) is 3. The molecule has 0 aliphatic heterocycles. The number of rotatable bonds is 6. The first-order valence-electron chi connectivity index (χ1n) is 3.84. The molecular formula is C7H17ClN2O2. The third-order valence-electron chi connectivity index (χ3n) is 1.47. The van der Waals surface area contributed by atoms with Crippen LogP contribution in [-0.4, -0.2) is 23.7 Å². The van der Waals surface area contributed by atoms with Crippen LogP contribution in [0, 0.1) is 0 Å². The van der Waals surface area contributed by atoms with Crippen LogP contribution in [0.1, 0.15) is 25.7 Å². The van der Waals surface area contributed by atoms with Crippen molar-refractivity contribution in [2.75, 3.05) is 6.54 Å². The Labute approximate surface area is 78.7 Å². The molecule has 0 aliphatic carbocycles. The number of carboxylic acid groups (broad SMARTS) is 1. The molecule has 0 aromatic rings. The molecule has 0 saturated carbocycles. The van der Waals surface area contributed by atoms with Gasteiger partial charge in [-0.25, -0.2) is 0 Å². The maximum Gasteiger partial charge on any atom is 0.304 e. The van der Waals surface area contributed by atoms with Gasteiger partial charge >= 0.3 is 5.97 Å². The first kappa shape index (κ1) is 14.2. The smallest absolute Gasteiger partial charge is 0.304 e. The first-order valence-corrected chi connectivity index (χ1v) is 3.84. The van der Waals surface area contributed by atoms with Crippen molar-refractivity contribution in [2.24, 2.45) is 11.5 Å². The lowest BCUT2D eigenvalue weighted by Gasteiger charge is -2.06. The fraction of sp³-hybridized carbons (Fsp3) is 0.857. The molecule has 0 aromatic carbocycles. The van der Waals surface area contributed by atoms with Crippen LogP contribution in [0.2, 0.25) is 0 Å². The minimum absolute atomic E-state index is 0. The molecule has 0 bridgehead atoms. The topological polar surface area (TPSA) is 89.3 Å². The average Bonchev–Trinajstić information content (AvgIpc) is 1.86. The van der Waals surface area contributed by atoms with Gasteiger partial charge in [0.2, 0.25) is 0 Å². The second-order valence-corrected chi connectivity index (χ2v) is 2.64. The van der Waals surface area contributed by atoms with E-state index in [0.29, 0.717) is 6.54 Å². The normalized spacial score (nSPS) is 11.8. The summed E-state index contributed by atoms with van der Waals surface area (Å²) >= 11 is 0. The molecule has 0 rings (SSSR count). The van der Waals surface area contributed by atoms with Crippen LogP contribution in [0.25, 0.3) is 0 Å². The molecule has 0 amide bonds. The van der Waals surface area contributed by atoms with Gasteiger partial charge in [-0.2, -0.15) is 0 Å². The summed E-state index contributed by atoms with van der Waals surface area (Å²) in [7, 11) is 0. The Balaban J connectivity index is 0. The van der Waals surface area contributed by atoms with Gasteiger partial charge in [0.15, 0.2) is 0 Å². The van der Waals surface area contributed by atoms with Crippen molar-refractivity contribution < 1.29 is 9.90 Å². The highest BCUT2D eigenvalue weighted by molar-refractivity contribution is 5.85. The van der Waals surface area contributed by atoms with E-state index in [-0.39, 0.29) is 24.9 Å². The van der Waals surface area contributed by atoms with Crippen molar-refractivity contribution in [1.82, 2.24) is 0 Å². The zero-order chi connectivity index (χ0) is 8.69. The molecule has 0 heterocycles. The van der Waals surface area contributed by atoms with E-state index in [4.69, 9.17) is 16.6 Å². The predicted octanol–water partition coefficient (Wildman–Crippen LogP) is 0.339. The van der Waals surface area contributed by atoms with Crippen molar-refractivity contribution in [3.63, 3.8) is 0 Å². The number of unbranched alkanes of at least 4 members (excludes halogenated alkanes) is 1. The van der Waals surface area contributed by atoms with Crippen molar-refractivity contribution in [3.8, 4) is 0 Å². The Morgan fingerprint density at radius 1 is 1.42 bits per heavy atom. The highest BCUT2D eigenvalue weighted by Crippen LogP contribution is 2.00. The fourth-order valence-corrected chi connectivity index (χ4v) is 0.877. The van der Waals surface area contributed by atoms with Crippen LogP contribution in [0.4, 0.5) is 0 Å².